The number of para-hydroxylation sites is 5. The number of rotatable bonds is 5. The predicted octanol–water partition coefficient (Wildman–Crippen LogP) is 13.0. The van der Waals surface area contributed by atoms with E-state index in [2.05, 4.69) is 118 Å². The molecule has 0 N–H and O–H groups in total. The van der Waals surface area contributed by atoms with Gasteiger partial charge in [0.05, 0.1) is 44.4 Å². The van der Waals surface area contributed by atoms with E-state index in [1.807, 2.05) is 83.8 Å². The summed E-state index contributed by atoms with van der Waals surface area (Å²) in [6, 6.07) is 64.4. The minimum Gasteiger partial charge on any atom is -0.455 e. The second kappa shape index (κ2) is 12.2. The summed E-state index contributed by atoms with van der Waals surface area (Å²) in [7, 11) is 0. The standard InChI is InChI=1S/C50H29N5O/c51-30-32-23-27-45(55-42-20-10-7-17-36(42)37-18-8-11-21-43(37)55)41(31-52)49(32)53(33-13-3-1-4-14-33)35-24-25-38-39-26-28-46-48(50(39)56-47(38)29-35)40-19-9-12-22-44(40)54(46)34-15-5-2-6-16-34/h1-29H. The Bertz CT molecular complexity index is 3400. The second-order valence-electron chi connectivity index (χ2n) is 13.9. The summed E-state index contributed by atoms with van der Waals surface area (Å²) in [5.41, 5.74) is 10.3. The molecule has 0 saturated heterocycles. The van der Waals surface area contributed by atoms with Gasteiger partial charge in [-0.05, 0) is 78.9 Å². The first-order chi connectivity index (χ1) is 27.7. The molecule has 0 spiro atoms. The monoisotopic (exact) mass is 715 g/mol. The average molecular weight is 716 g/mol. The van der Waals surface area contributed by atoms with E-state index in [0.717, 1.165) is 77.0 Å². The fraction of sp³-hybridized carbons (Fsp3) is 0. The van der Waals surface area contributed by atoms with Crippen LogP contribution in [-0.2, 0) is 0 Å². The van der Waals surface area contributed by atoms with Crippen molar-refractivity contribution in [3.63, 3.8) is 0 Å². The van der Waals surface area contributed by atoms with Gasteiger partial charge in [-0.1, -0.05) is 91.0 Å². The zero-order chi connectivity index (χ0) is 37.3. The molecule has 0 saturated carbocycles. The van der Waals surface area contributed by atoms with E-state index in [-0.39, 0.29) is 0 Å². The average Bonchev–Trinajstić information content (AvgIpc) is 3.92. The summed E-state index contributed by atoms with van der Waals surface area (Å²) < 4.78 is 11.3. The van der Waals surface area contributed by atoms with Crippen LogP contribution in [-0.4, -0.2) is 9.13 Å². The Hall–Kier alpha value is -8.06. The van der Waals surface area contributed by atoms with E-state index in [0.29, 0.717) is 28.1 Å². The highest BCUT2D eigenvalue weighted by molar-refractivity contribution is 6.24. The molecule has 260 valence electrons. The summed E-state index contributed by atoms with van der Waals surface area (Å²) in [5, 5.41) is 28.1. The Kier molecular flexibility index (Phi) is 6.88. The topological polar surface area (TPSA) is 73.8 Å². The molecular weight excluding hydrogens is 687 g/mol. The molecule has 0 amide bonds. The Morgan fingerprint density at radius 3 is 1.75 bits per heavy atom. The minimum atomic E-state index is 0.384. The molecule has 0 aliphatic rings. The number of hydrogen-bond donors (Lipinski definition) is 0. The molecule has 0 fully saturated rings. The van der Waals surface area contributed by atoms with E-state index < -0.39 is 0 Å². The third-order valence-corrected chi connectivity index (χ3v) is 11.0. The number of hydrogen-bond acceptors (Lipinski definition) is 4. The van der Waals surface area contributed by atoms with Gasteiger partial charge in [-0.2, -0.15) is 10.5 Å². The van der Waals surface area contributed by atoms with Gasteiger partial charge in [0.1, 0.15) is 28.9 Å². The molecule has 0 bridgehead atoms. The first-order valence-electron chi connectivity index (χ1n) is 18.5. The van der Waals surface area contributed by atoms with Crippen LogP contribution >= 0.6 is 0 Å². The van der Waals surface area contributed by atoms with E-state index in [4.69, 9.17) is 4.42 Å². The number of furan rings is 1. The third kappa shape index (κ3) is 4.48. The Labute approximate surface area is 321 Å². The van der Waals surface area contributed by atoms with Crippen molar-refractivity contribution in [1.29, 1.82) is 10.5 Å². The zero-order valence-corrected chi connectivity index (χ0v) is 29.9. The minimum absolute atomic E-state index is 0.384. The van der Waals surface area contributed by atoms with Crippen molar-refractivity contribution in [3.8, 4) is 23.5 Å². The summed E-state index contributed by atoms with van der Waals surface area (Å²) in [6.45, 7) is 0. The van der Waals surface area contributed by atoms with Crippen molar-refractivity contribution in [2.75, 3.05) is 4.90 Å². The lowest BCUT2D eigenvalue weighted by Crippen LogP contribution is -2.15. The number of nitriles is 2. The second-order valence-corrected chi connectivity index (χ2v) is 13.9. The molecular formula is C50H29N5O. The van der Waals surface area contributed by atoms with Crippen LogP contribution in [0.4, 0.5) is 17.1 Å². The third-order valence-electron chi connectivity index (χ3n) is 11.0. The SMILES string of the molecule is N#Cc1ccc(-n2c3ccccc3c3ccccc32)c(C#N)c1N(c1ccccc1)c1ccc2c(c1)oc1c2ccc2c1c1ccccc1n2-c1ccccc1. The molecule has 56 heavy (non-hydrogen) atoms. The van der Waals surface area contributed by atoms with Crippen molar-refractivity contribution in [3.05, 3.63) is 187 Å². The van der Waals surface area contributed by atoms with Gasteiger partial charge in [0.15, 0.2) is 0 Å². The number of benzene rings is 8. The highest BCUT2D eigenvalue weighted by Crippen LogP contribution is 2.45. The lowest BCUT2D eigenvalue weighted by atomic mass is 10.0. The van der Waals surface area contributed by atoms with Crippen LogP contribution in [0.2, 0.25) is 0 Å². The maximum atomic E-state index is 11.1. The van der Waals surface area contributed by atoms with Gasteiger partial charge in [0.2, 0.25) is 0 Å². The van der Waals surface area contributed by atoms with Crippen LogP contribution in [0.5, 0.6) is 0 Å². The molecule has 11 aromatic rings. The van der Waals surface area contributed by atoms with E-state index in [1.165, 1.54) is 0 Å². The van der Waals surface area contributed by atoms with Crippen LogP contribution in [0, 0.1) is 22.7 Å². The predicted molar refractivity (Wildman–Crippen MR) is 227 cm³/mol. The smallest absolute Gasteiger partial charge is 0.145 e. The molecule has 0 radical (unpaired) electrons. The Balaban J connectivity index is 1.17. The summed E-state index contributed by atoms with van der Waals surface area (Å²) in [6.07, 6.45) is 0. The van der Waals surface area contributed by atoms with Crippen LogP contribution in [0.15, 0.2) is 180 Å². The maximum Gasteiger partial charge on any atom is 0.145 e. The highest BCUT2D eigenvalue weighted by atomic mass is 16.3. The molecule has 0 atom stereocenters. The molecule has 0 unspecified atom stereocenters. The summed E-state index contributed by atoms with van der Waals surface area (Å²) >= 11 is 0. The number of nitrogens with zero attached hydrogens (tertiary/aromatic N) is 5. The quantitative estimate of drug-likeness (QED) is 0.178. The van der Waals surface area contributed by atoms with Gasteiger partial charge in [0.25, 0.3) is 0 Å². The molecule has 6 heteroatoms. The van der Waals surface area contributed by atoms with Crippen molar-refractivity contribution < 1.29 is 4.42 Å². The lowest BCUT2D eigenvalue weighted by Gasteiger charge is -2.28. The van der Waals surface area contributed by atoms with Crippen LogP contribution in [0.25, 0.3) is 76.9 Å². The van der Waals surface area contributed by atoms with E-state index >= 15 is 0 Å². The van der Waals surface area contributed by atoms with Crippen LogP contribution < -0.4 is 4.90 Å². The largest absolute Gasteiger partial charge is 0.455 e. The molecule has 6 nitrogen and oxygen atoms in total. The molecule has 3 heterocycles. The number of anilines is 3. The first kappa shape index (κ1) is 31.5. The van der Waals surface area contributed by atoms with Gasteiger partial charge in [-0.15, -0.1) is 0 Å². The molecule has 8 aromatic carbocycles. The van der Waals surface area contributed by atoms with Gasteiger partial charge in [-0.25, -0.2) is 0 Å². The van der Waals surface area contributed by atoms with E-state index in [1.54, 1.807) is 0 Å². The molecule has 0 aliphatic heterocycles. The summed E-state index contributed by atoms with van der Waals surface area (Å²) in [5.74, 6) is 0. The van der Waals surface area contributed by atoms with E-state index in [9.17, 15) is 10.5 Å². The molecule has 11 rings (SSSR count). The van der Waals surface area contributed by atoms with Gasteiger partial charge in [0, 0.05) is 50.1 Å². The maximum absolute atomic E-state index is 11.1. The number of fused-ring (bicyclic) bond motifs is 10. The zero-order valence-electron chi connectivity index (χ0n) is 29.9. The first-order valence-corrected chi connectivity index (χ1v) is 18.5. The fourth-order valence-corrected chi connectivity index (χ4v) is 8.64. The molecule has 3 aromatic heterocycles. The van der Waals surface area contributed by atoms with Gasteiger partial charge >= 0.3 is 0 Å². The Morgan fingerprint density at radius 2 is 1.07 bits per heavy atom. The van der Waals surface area contributed by atoms with Crippen LogP contribution in [0.1, 0.15) is 11.1 Å². The lowest BCUT2D eigenvalue weighted by molar-refractivity contribution is 0.673. The normalized spacial score (nSPS) is 11.5. The van der Waals surface area contributed by atoms with Crippen molar-refractivity contribution in [1.82, 2.24) is 9.13 Å². The van der Waals surface area contributed by atoms with Crippen molar-refractivity contribution in [2.24, 2.45) is 0 Å². The molecule has 0 aliphatic carbocycles. The van der Waals surface area contributed by atoms with Crippen molar-refractivity contribution in [2.45, 2.75) is 0 Å². The van der Waals surface area contributed by atoms with Gasteiger partial charge < -0.3 is 18.5 Å². The number of aromatic nitrogens is 2. The van der Waals surface area contributed by atoms with Crippen molar-refractivity contribution >= 4 is 82.6 Å². The summed E-state index contributed by atoms with van der Waals surface area (Å²) in [4.78, 5) is 2.01. The highest BCUT2D eigenvalue weighted by Gasteiger charge is 2.26. The van der Waals surface area contributed by atoms with Gasteiger partial charge in [-0.3, -0.25) is 0 Å². The fourth-order valence-electron chi connectivity index (χ4n) is 8.64. The van der Waals surface area contributed by atoms with Crippen LogP contribution in [0.3, 0.4) is 0 Å². The Morgan fingerprint density at radius 1 is 0.464 bits per heavy atom.